The molecule has 0 radical (unpaired) electrons. The van der Waals surface area contributed by atoms with Gasteiger partial charge in [-0.15, -0.1) is 0 Å². The van der Waals surface area contributed by atoms with Crippen LogP contribution in [-0.4, -0.2) is 21.4 Å². The first kappa shape index (κ1) is 15.0. The molecule has 1 heterocycles. The number of nitrogens with one attached hydrogen (secondary N) is 2. The average Bonchev–Trinajstić information content (AvgIpc) is 2.45. The van der Waals surface area contributed by atoms with E-state index in [0.29, 0.717) is 15.7 Å². The molecule has 0 aliphatic rings. The van der Waals surface area contributed by atoms with Crippen LogP contribution in [0.5, 0.6) is 0 Å². The molecule has 0 aliphatic heterocycles. The molecule has 0 amide bonds. The number of non-ortho nitro benzene ring substituents is 1. The fourth-order valence-electron chi connectivity index (χ4n) is 1.63. The third kappa shape index (κ3) is 4.32. The molecule has 21 heavy (non-hydrogen) atoms. The van der Waals surface area contributed by atoms with Gasteiger partial charge in [0.15, 0.2) is 5.16 Å². The Bertz CT molecular complexity index is 702. The highest BCUT2D eigenvalue weighted by molar-refractivity contribution is 7.99. The van der Waals surface area contributed by atoms with Crippen molar-refractivity contribution in [2.75, 3.05) is 11.9 Å². The zero-order valence-electron chi connectivity index (χ0n) is 11.3. The van der Waals surface area contributed by atoms with E-state index in [2.05, 4.69) is 15.3 Å². The van der Waals surface area contributed by atoms with Gasteiger partial charge in [-0.3, -0.25) is 14.9 Å². The van der Waals surface area contributed by atoms with Crippen molar-refractivity contribution < 1.29 is 4.92 Å². The van der Waals surface area contributed by atoms with E-state index in [1.807, 2.05) is 6.92 Å². The van der Waals surface area contributed by atoms with Gasteiger partial charge in [0.05, 0.1) is 4.92 Å². The van der Waals surface area contributed by atoms with E-state index in [1.54, 1.807) is 6.07 Å². The monoisotopic (exact) mass is 306 g/mol. The standard InChI is InChI=1S/C13H14N4O3S/c1-2-4-14-9-6-10(17(19)20)8-11(7-9)21-13-15-5-3-12(18)16-13/h3,5-8,14H,2,4H2,1H3,(H,15,16,18). The van der Waals surface area contributed by atoms with Crippen LogP contribution in [-0.2, 0) is 0 Å². The summed E-state index contributed by atoms with van der Waals surface area (Å²) in [5.74, 6) is 0. The Morgan fingerprint density at radius 1 is 1.43 bits per heavy atom. The molecule has 0 fully saturated rings. The van der Waals surface area contributed by atoms with E-state index >= 15 is 0 Å². The second-order valence-electron chi connectivity index (χ2n) is 4.24. The zero-order valence-corrected chi connectivity index (χ0v) is 12.1. The van der Waals surface area contributed by atoms with Gasteiger partial charge in [-0.05, 0) is 12.5 Å². The molecule has 110 valence electrons. The first-order chi connectivity index (χ1) is 10.1. The number of hydrogen-bond acceptors (Lipinski definition) is 6. The summed E-state index contributed by atoms with van der Waals surface area (Å²) in [6, 6.07) is 6.04. The smallest absolute Gasteiger partial charge is 0.272 e. The summed E-state index contributed by atoms with van der Waals surface area (Å²) in [5, 5.41) is 14.5. The number of rotatable bonds is 6. The van der Waals surface area contributed by atoms with E-state index in [4.69, 9.17) is 0 Å². The van der Waals surface area contributed by atoms with Crippen LogP contribution in [0.4, 0.5) is 11.4 Å². The lowest BCUT2D eigenvalue weighted by Crippen LogP contribution is -2.05. The molecule has 0 spiro atoms. The summed E-state index contributed by atoms with van der Waals surface area (Å²) in [6.45, 7) is 2.74. The molecular weight excluding hydrogens is 292 g/mol. The maximum atomic E-state index is 11.2. The van der Waals surface area contributed by atoms with Gasteiger partial charge in [-0.25, -0.2) is 4.98 Å². The molecule has 0 unspecified atom stereocenters. The number of nitro benzene ring substituents is 1. The Labute approximate surface area is 125 Å². The maximum absolute atomic E-state index is 11.2. The molecule has 8 heteroatoms. The highest BCUT2D eigenvalue weighted by Gasteiger charge is 2.11. The van der Waals surface area contributed by atoms with Gasteiger partial charge < -0.3 is 10.3 Å². The highest BCUT2D eigenvalue weighted by Crippen LogP contribution is 2.30. The van der Waals surface area contributed by atoms with Crippen molar-refractivity contribution in [3.63, 3.8) is 0 Å². The molecule has 2 aromatic rings. The number of nitrogens with zero attached hydrogens (tertiary/aromatic N) is 2. The van der Waals surface area contributed by atoms with Crippen molar-refractivity contribution in [1.29, 1.82) is 0 Å². The molecular formula is C13H14N4O3S. The Hall–Kier alpha value is -2.35. The summed E-state index contributed by atoms with van der Waals surface area (Å²) >= 11 is 1.17. The van der Waals surface area contributed by atoms with E-state index in [1.165, 1.54) is 36.2 Å². The highest BCUT2D eigenvalue weighted by atomic mass is 32.2. The van der Waals surface area contributed by atoms with Gasteiger partial charge in [0.25, 0.3) is 11.2 Å². The second kappa shape index (κ2) is 6.89. The number of anilines is 1. The van der Waals surface area contributed by atoms with E-state index in [9.17, 15) is 14.9 Å². The third-order valence-electron chi connectivity index (χ3n) is 2.54. The molecule has 0 aliphatic carbocycles. The van der Waals surface area contributed by atoms with E-state index < -0.39 is 4.92 Å². The molecule has 1 aromatic carbocycles. The van der Waals surface area contributed by atoms with Crippen LogP contribution in [0, 0.1) is 10.1 Å². The number of aromatic amines is 1. The van der Waals surface area contributed by atoms with E-state index in [0.717, 1.165) is 13.0 Å². The topological polar surface area (TPSA) is 101 Å². The minimum Gasteiger partial charge on any atom is -0.385 e. The minimum absolute atomic E-state index is 0.00289. The predicted molar refractivity (Wildman–Crippen MR) is 80.9 cm³/mol. The quantitative estimate of drug-likeness (QED) is 0.483. The summed E-state index contributed by atoms with van der Waals surface area (Å²) < 4.78 is 0. The number of nitro groups is 1. The Balaban J connectivity index is 2.30. The second-order valence-corrected chi connectivity index (χ2v) is 5.30. The van der Waals surface area contributed by atoms with Crippen molar-refractivity contribution in [3.05, 3.63) is 50.9 Å². The third-order valence-corrected chi connectivity index (χ3v) is 3.42. The largest absolute Gasteiger partial charge is 0.385 e. The van der Waals surface area contributed by atoms with Crippen molar-refractivity contribution in [1.82, 2.24) is 9.97 Å². The predicted octanol–water partition coefficient (Wildman–Crippen LogP) is 2.65. The van der Waals surface area contributed by atoms with Gasteiger partial charge in [0.2, 0.25) is 0 Å². The van der Waals surface area contributed by atoms with Crippen LogP contribution in [0.2, 0.25) is 0 Å². The summed E-state index contributed by atoms with van der Waals surface area (Å²) in [7, 11) is 0. The normalized spacial score (nSPS) is 10.3. The van der Waals surface area contributed by atoms with Crippen LogP contribution in [0.25, 0.3) is 0 Å². The van der Waals surface area contributed by atoms with Gasteiger partial charge in [-0.1, -0.05) is 18.7 Å². The van der Waals surface area contributed by atoms with Crippen LogP contribution in [0.1, 0.15) is 13.3 Å². The molecule has 0 atom stereocenters. The minimum atomic E-state index is -0.442. The lowest BCUT2D eigenvalue weighted by Gasteiger charge is -2.07. The SMILES string of the molecule is CCCNc1cc(Sc2nccc(=O)[nH]2)cc([N+](=O)[O-])c1. The Morgan fingerprint density at radius 3 is 2.90 bits per heavy atom. The van der Waals surface area contributed by atoms with Crippen LogP contribution < -0.4 is 10.9 Å². The van der Waals surface area contributed by atoms with Crippen LogP contribution >= 0.6 is 11.8 Å². The molecule has 0 saturated carbocycles. The number of H-pyrrole nitrogens is 1. The maximum Gasteiger partial charge on any atom is 0.272 e. The van der Waals surface area contributed by atoms with Crippen LogP contribution in [0.15, 0.2) is 45.3 Å². The number of benzene rings is 1. The lowest BCUT2D eigenvalue weighted by atomic mass is 10.2. The lowest BCUT2D eigenvalue weighted by molar-refractivity contribution is -0.385. The summed E-state index contributed by atoms with van der Waals surface area (Å²) in [5.41, 5.74) is 0.408. The van der Waals surface area contributed by atoms with Crippen LogP contribution in [0.3, 0.4) is 0 Å². The first-order valence-corrected chi connectivity index (χ1v) is 7.16. The molecule has 7 nitrogen and oxygen atoms in total. The first-order valence-electron chi connectivity index (χ1n) is 6.35. The fraction of sp³-hybridized carbons (Fsp3) is 0.231. The summed E-state index contributed by atoms with van der Waals surface area (Å²) in [4.78, 5) is 29.0. The Morgan fingerprint density at radius 2 is 2.24 bits per heavy atom. The fourth-order valence-corrected chi connectivity index (χ4v) is 2.49. The summed E-state index contributed by atoms with van der Waals surface area (Å²) in [6.07, 6.45) is 2.31. The van der Waals surface area contributed by atoms with Gasteiger partial charge in [0, 0.05) is 41.5 Å². The van der Waals surface area contributed by atoms with Gasteiger partial charge >= 0.3 is 0 Å². The van der Waals surface area contributed by atoms with Gasteiger partial charge in [0.1, 0.15) is 0 Å². The molecule has 0 bridgehead atoms. The number of hydrogen-bond donors (Lipinski definition) is 2. The average molecular weight is 306 g/mol. The van der Waals surface area contributed by atoms with Gasteiger partial charge in [-0.2, -0.15) is 0 Å². The Kier molecular flexibility index (Phi) is 4.94. The van der Waals surface area contributed by atoms with Crippen molar-refractivity contribution in [2.45, 2.75) is 23.4 Å². The van der Waals surface area contributed by atoms with E-state index in [-0.39, 0.29) is 11.2 Å². The molecule has 2 rings (SSSR count). The molecule has 1 aromatic heterocycles. The van der Waals surface area contributed by atoms with Crippen molar-refractivity contribution in [2.24, 2.45) is 0 Å². The van der Waals surface area contributed by atoms with Crippen molar-refractivity contribution >= 4 is 23.1 Å². The zero-order chi connectivity index (χ0) is 15.2. The number of aromatic nitrogens is 2. The van der Waals surface area contributed by atoms with Crippen molar-refractivity contribution in [3.8, 4) is 0 Å². The molecule has 0 saturated heterocycles. The molecule has 2 N–H and O–H groups in total.